The van der Waals surface area contributed by atoms with Crippen LogP contribution in [0.1, 0.15) is 35.1 Å². The van der Waals surface area contributed by atoms with Gasteiger partial charge in [0.05, 0.1) is 0 Å². The van der Waals surface area contributed by atoms with Crippen molar-refractivity contribution in [3.63, 3.8) is 0 Å². The first-order valence-corrected chi connectivity index (χ1v) is 6.52. The molecule has 0 atom stereocenters. The average molecular weight is 232 g/mol. The number of rotatable bonds is 2. The molecule has 0 aliphatic heterocycles. The van der Waals surface area contributed by atoms with Gasteiger partial charge >= 0.3 is 0 Å². The van der Waals surface area contributed by atoms with Gasteiger partial charge in [0.2, 0.25) is 0 Å². The SMILES string of the molecule is [C]1CCCc2ccc(C=Cc3ccccc3)cc21. The maximum Gasteiger partial charge on any atom is 0.0168 e. The van der Waals surface area contributed by atoms with Gasteiger partial charge in [0.25, 0.3) is 0 Å². The lowest BCUT2D eigenvalue weighted by Crippen LogP contribution is -2.00. The number of aryl methyl sites for hydroxylation is 1. The van der Waals surface area contributed by atoms with Crippen LogP contribution in [0.4, 0.5) is 0 Å². The van der Waals surface area contributed by atoms with E-state index < -0.39 is 0 Å². The van der Waals surface area contributed by atoms with Crippen molar-refractivity contribution in [2.75, 3.05) is 0 Å². The zero-order chi connectivity index (χ0) is 12.2. The van der Waals surface area contributed by atoms with Crippen LogP contribution in [0.15, 0.2) is 48.5 Å². The third kappa shape index (κ3) is 2.53. The molecule has 0 unspecified atom stereocenters. The number of benzene rings is 2. The Morgan fingerprint density at radius 3 is 2.61 bits per heavy atom. The van der Waals surface area contributed by atoms with Crippen molar-refractivity contribution in [2.24, 2.45) is 0 Å². The molecule has 0 heteroatoms. The molecule has 0 heterocycles. The van der Waals surface area contributed by atoms with Crippen LogP contribution in [0.25, 0.3) is 12.2 Å². The second kappa shape index (κ2) is 5.22. The quantitative estimate of drug-likeness (QED) is 0.663. The molecule has 2 aromatic rings. The Kier molecular flexibility index (Phi) is 3.27. The summed E-state index contributed by atoms with van der Waals surface area (Å²) < 4.78 is 0. The van der Waals surface area contributed by atoms with Gasteiger partial charge < -0.3 is 0 Å². The second-order valence-corrected chi connectivity index (χ2v) is 4.69. The van der Waals surface area contributed by atoms with Crippen LogP contribution in [-0.4, -0.2) is 0 Å². The predicted molar refractivity (Wildman–Crippen MR) is 77.1 cm³/mol. The minimum absolute atomic E-state index is 1.10. The van der Waals surface area contributed by atoms with E-state index in [0.717, 1.165) is 6.42 Å². The highest BCUT2D eigenvalue weighted by Gasteiger charge is 2.08. The van der Waals surface area contributed by atoms with E-state index >= 15 is 0 Å². The summed E-state index contributed by atoms with van der Waals surface area (Å²) in [5.74, 6) is 0. The summed E-state index contributed by atoms with van der Waals surface area (Å²) in [6, 6.07) is 17.1. The summed E-state index contributed by atoms with van der Waals surface area (Å²) >= 11 is 0. The molecule has 1 aliphatic carbocycles. The fraction of sp³-hybridized carbons (Fsp3) is 0.167. The summed E-state index contributed by atoms with van der Waals surface area (Å²) in [6.07, 6.45) is 11.3. The van der Waals surface area contributed by atoms with Crippen LogP contribution in [0.2, 0.25) is 0 Å². The molecule has 0 bridgehead atoms. The van der Waals surface area contributed by atoms with E-state index in [1.807, 2.05) is 6.07 Å². The summed E-state index contributed by atoms with van der Waals surface area (Å²) in [6.45, 7) is 0. The highest BCUT2D eigenvalue weighted by molar-refractivity contribution is 5.70. The Balaban J connectivity index is 1.83. The molecule has 0 N–H and O–H groups in total. The Bertz CT molecular complexity index is 550. The van der Waals surface area contributed by atoms with E-state index in [1.54, 1.807) is 0 Å². The van der Waals surface area contributed by atoms with Crippen LogP contribution in [-0.2, 0) is 6.42 Å². The van der Waals surface area contributed by atoms with Gasteiger partial charge in [0.15, 0.2) is 0 Å². The van der Waals surface area contributed by atoms with Gasteiger partial charge in [-0.2, -0.15) is 0 Å². The predicted octanol–water partition coefficient (Wildman–Crippen LogP) is 4.62. The van der Waals surface area contributed by atoms with Crippen LogP contribution in [0.5, 0.6) is 0 Å². The summed E-state index contributed by atoms with van der Waals surface area (Å²) in [7, 11) is 0. The third-order valence-electron chi connectivity index (χ3n) is 3.34. The maximum absolute atomic E-state index is 3.47. The number of fused-ring (bicyclic) bond motifs is 1. The van der Waals surface area contributed by atoms with E-state index in [4.69, 9.17) is 0 Å². The first kappa shape index (κ1) is 11.3. The molecule has 2 aromatic carbocycles. The lowest BCUT2D eigenvalue weighted by atomic mass is 9.90. The zero-order valence-electron chi connectivity index (χ0n) is 10.4. The fourth-order valence-corrected chi connectivity index (χ4v) is 2.34. The second-order valence-electron chi connectivity index (χ2n) is 4.69. The largest absolute Gasteiger partial charge is 0.0622 e. The molecular weight excluding hydrogens is 216 g/mol. The Morgan fingerprint density at radius 2 is 1.72 bits per heavy atom. The normalized spacial score (nSPS) is 14.7. The van der Waals surface area contributed by atoms with Crippen LogP contribution in [0, 0.1) is 6.42 Å². The van der Waals surface area contributed by atoms with Crippen molar-refractivity contribution >= 4 is 12.2 Å². The molecule has 0 fully saturated rings. The monoisotopic (exact) mass is 232 g/mol. The van der Waals surface area contributed by atoms with Gasteiger partial charge in [0, 0.05) is 6.42 Å². The van der Waals surface area contributed by atoms with E-state index in [9.17, 15) is 0 Å². The minimum Gasteiger partial charge on any atom is -0.0622 e. The lowest BCUT2D eigenvalue weighted by Gasteiger charge is -2.14. The Morgan fingerprint density at radius 1 is 0.889 bits per heavy atom. The van der Waals surface area contributed by atoms with Crippen molar-refractivity contribution in [2.45, 2.75) is 19.3 Å². The van der Waals surface area contributed by atoms with Crippen molar-refractivity contribution in [1.29, 1.82) is 0 Å². The average Bonchev–Trinajstić information content (AvgIpc) is 2.46. The molecular formula is C18H16. The first-order valence-electron chi connectivity index (χ1n) is 6.52. The molecule has 0 nitrogen and oxygen atoms in total. The summed E-state index contributed by atoms with van der Waals surface area (Å²) in [5, 5.41) is 0. The van der Waals surface area contributed by atoms with Crippen molar-refractivity contribution in [3.05, 3.63) is 77.2 Å². The Labute approximate surface area is 109 Å². The highest BCUT2D eigenvalue weighted by Crippen LogP contribution is 2.24. The standard InChI is InChI=1S/C18H16/c1-2-6-15(7-3-1)10-11-16-12-13-17-8-4-5-9-18(17)14-16/h1-3,6-7,10-14H,4-5,8H2. The Hall–Kier alpha value is -1.82. The van der Waals surface area contributed by atoms with Crippen LogP contribution in [0.3, 0.4) is 0 Å². The lowest BCUT2D eigenvalue weighted by molar-refractivity contribution is 0.775. The molecule has 88 valence electrons. The van der Waals surface area contributed by atoms with Gasteiger partial charge in [-0.05, 0) is 41.5 Å². The molecule has 18 heavy (non-hydrogen) atoms. The van der Waals surface area contributed by atoms with Gasteiger partial charge in [-0.15, -0.1) is 0 Å². The van der Waals surface area contributed by atoms with Gasteiger partial charge in [-0.1, -0.05) is 60.7 Å². The van der Waals surface area contributed by atoms with E-state index in [0.29, 0.717) is 0 Å². The molecule has 0 saturated carbocycles. The molecule has 0 aromatic heterocycles. The zero-order valence-corrected chi connectivity index (χ0v) is 10.4. The van der Waals surface area contributed by atoms with E-state index in [1.165, 1.54) is 35.1 Å². The topological polar surface area (TPSA) is 0 Å². The third-order valence-corrected chi connectivity index (χ3v) is 3.34. The first-order chi connectivity index (χ1) is 8.92. The molecule has 0 spiro atoms. The fourth-order valence-electron chi connectivity index (χ4n) is 2.34. The number of hydrogen-bond donors (Lipinski definition) is 0. The molecule has 3 rings (SSSR count). The number of hydrogen-bond acceptors (Lipinski definition) is 0. The molecule has 0 saturated heterocycles. The van der Waals surface area contributed by atoms with Gasteiger partial charge in [0.1, 0.15) is 0 Å². The van der Waals surface area contributed by atoms with E-state index in [-0.39, 0.29) is 0 Å². The van der Waals surface area contributed by atoms with E-state index in [2.05, 4.69) is 61.0 Å². The van der Waals surface area contributed by atoms with Crippen molar-refractivity contribution in [3.8, 4) is 0 Å². The van der Waals surface area contributed by atoms with Crippen LogP contribution < -0.4 is 0 Å². The minimum atomic E-state index is 1.10. The smallest absolute Gasteiger partial charge is 0.0168 e. The van der Waals surface area contributed by atoms with Gasteiger partial charge in [-0.3, -0.25) is 0 Å². The van der Waals surface area contributed by atoms with Crippen LogP contribution >= 0.6 is 0 Å². The summed E-state index contributed by atoms with van der Waals surface area (Å²) in [4.78, 5) is 0. The summed E-state index contributed by atoms with van der Waals surface area (Å²) in [5.41, 5.74) is 5.24. The maximum atomic E-state index is 3.47. The van der Waals surface area contributed by atoms with Crippen molar-refractivity contribution in [1.82, 2.24) is 0 Å². The molecule has 1 aliphatic rings. The van der Waals surface area contributed by atoms with Gasteiger partial charge in [-0.25, -0.2) is 0 Å². The van der Waals surface area contributed by atoms with Crippen molar-refractivity contribution < 1.29 is 0 Å². The highest BCUT2D eigenvalue weighted by atomic mass is 14.1. The molecule has 2 radical (unpaired) electrons. The molecule has 0 amide bonds.